The van der Waals surface area contributed by atoms with Gasteiger partial charge < -0.3 is 16.2 Å². The first kappa shape index (κ1) is 11.3. The number of hydrogen-bond donors (Lipinski definition) is 2. The van der Waals surface area contributed by atoms with Crippen molar-refractivity contribution in [3.63, 3.8) is 0 Å². The van der Waals surface area contributed by atoms with Crippen LogP contribution >= 0.6 is 11.6 Å². The molecule has 0 saturated heterocycles. The van der Waals surface area contributed by atoms with E-state index in [9.17, 15) is 9.59 Å². The number of rotatable bonds is 3. The van der Waals surface area contributed by atoms with E-state index in [-0.39, 0.29) is 10.6 Å². The molecule has 0 atom stereocenters. The first-order valence-electron chi connectivity index (χ1n) is 4.01. The maximum Gasteiger partial charge on any atom is 0.338 e. The van der Waals surface area contributed by atoms with Gasteiger partial charge in [0.2, 0.25) is 0 Å². The number of amides is 1. The highest BCUT2D eigenvalue weighted by Crippen LogP contribution is 2.19. The van der Waals surface area contributed by atoms with Crippen LogP contribution in [0.25, 0.3) is 0 Å². The Morgan fingerprint density at radius 3 is 2.60 bits per heavy atom. The molecule has 0 aromatic heterocycles. The van der Waals surface area contributed by atoms with Gasteiger partial charge in [-0.3, -0.25) is 4.79 Å². The maximum absolute atomic E-state index is 11.3. The fraction of sp³-hybridized carbons (Fsp3) is 0.111. The summed E-state index contributed by atoms with van der Waals surface area (Å²) in [6.07, 6.45) is 0. The van der Waals surface area contributed by atoms with E-state index in [2.05, 4.69) is 4.74 Å². The Balaban J connectivity index is 2.74. The van der Waals surface area contributed by atoms with Crippen LogP contribution in [0, 0.1) is 0 Å². The molecular formula is C9H9ClN2O3. The first-order valence-corrected chi connectivity index (χ1v) is 4.39. The molecule has 0 saturated carbocycles. The van der Waals surface area contributed by atoms with Gasteiger partial charge in [0.15, 0.2) is 6.61 Å². The topological polar surface area (TPSA) is 95.4 Å². The van der Waals surface area contributed by atoms with E-state index in [0.717, 1.165) is 0 Å². The molecule has 80 valence electrons. The molecule has 0 aliphatic carbocycles. The van der Waals surface area contributed by atoms with Crippen molar-refractivity contribution in [2.45, 2.75) is 0 Å². The minimum atomic E-state index is -0.718. The van der Waals surface area contributed by atoms with Gasteiger partial charge in [-0.2, -0.15) is 0 Å². The van der Waals surface area contributed by atoms with Crippen LogP contribution in [-0.2, 0) is 9.53 Å². The number of halogens is 1. The summed E-state index contributed by atoms with van der Waals surface area (Å²) in [5, 5.41) is 0.253. The Bertz CT molecular complexity index is 406. The van der Waals surface area contributed by atoms with Crippen molar-refractivity contribution in [1.82, 2.24) is 0 Å². The molecule has 0 aliphatic rings. The van der Waals surface area contributed by atoms with E-state index in [0.29, 0.717) is 5.69 Å². The molecule has 0 bridgehead atoms. The van der Waals surface area contributed by atoms with Gasteiger partial charge in [0.1, 0.15) is 0 Å². The molecule has 0 fully saturated rings. The molecule has 0 spiro atoms. The van der Waals surface area contributed by atoms with Crippen LogP contribution in [0.4, 0.5) is 5.69 Å². The number of ether oxygens (including phenoxy) is 1. The predicted molar refractivity (Wildman–Crippen MR) is 55.3 cm³/mol. The molecular weight excluding hydrogens is 220 g/mol. The van der Waals surface area contributed by atoms with Crippen molar-refractivity contribution in [1.29, 1.82) is 0 Å². The van der Waals surface area contributed by atoms with Gasteiger partial charge >= 0.3 is 5.97 Å². The summed E-state index contributed by atoms with van der Waals surface area (Å²) in [5.41, 5.74) is 10.8. The second-order valence-electron chi connectivity index (χ2n) is 2.78. The average molecular weight is 229 g/mol. The Kier molecular flexibility index (Phi) is 3.51. The molecule has 5 nitrogen and oxygen atoms in total. The normalized spacial score (nSPS) is 9.67. The lowest BCUT2D eigenvalue weighted by molar-refractivity contribution is -0.121. The average Bonchev–Trinajstić information content (AvgIpc) is 2.18. The monoisotopic (exact) mass is 228 g/mol. The van der Waals surface area contributed by atoms with Crippen LogP contribution in [-0.4, -0.2) is 18.5 Å². The molecule has 15 heavy (non-hydrogen) atoms. The number of nitrogen functional groups attached to an aromatic ring is 1. The molecule has 1 amide bonds. The quantitative estimate of drug-likeness (QED) is 0.584. The number of carbonyl (C=O) groups excluding carboxylic acids is 2. The summed E-state index contributed by atoms with van der Waals surface area (Å²) in [4.78, 5) is 21.6. The van der Waals surface area contributed by atoms with E-state index in [1.54, 1.807) is 0 Å². The largest absolute Gasteiger partial charge is 0.452 e. The van der Waals surface area contributed by atoms with Crippen LogP contribution in [0.15, 0.2) is 18.2 Å². The number of hydrogen-bond acceptors (Lipinski definition) is 4. The van der Waals surface area contributed by atoms with E-state index >= 15 is 0 Å². The van der Waals surface area contributed by atoms with Crippen LogP contribution < -0.4 is 11.5 Å². The lowest BCUT2D eigenvalue weighted by Crippen LogP contribution is -2.20. The standard InChI is InChI=1S/C9H9ClN2O3/c10-6-3-5(1-2-7(6)11)9(14)15-4-8(12)13/h1-3H,4,11H2,(H2,12,13). The summed E-state index contributed by atoms with van der Waals surface area (Å²) < 4.78 is 4.57. The molecule has 1 aromatic rings. The SMILES string of the molecule is NC(=O)COC(=O)c1ccc(N)c(Cl)c1. The van der Waals surface area contributed by atoms with Crippen molar-refractivity contribution in [2.75, 3.05) is 12.3 Å². The zero-order chi connectivity index (χ0) is 11.4. The molecule has 1 rings (SSSR count). The second-order valence-corrected chi connectivity index (χ2v) is 3.19. The molecule has 0 unspecified atom stereocenters. The highest BCUT2D eigenvalue weighted by molar-refractivity contribution is 6.33. The number of benzene rings is 1. The van der Waals surface area contributed by atoms with Crippen molar-refractivity contribution in [3.8, 4) is 0 Å². The third-order valence-corrected chi connectivity index (χ3v) is 1.91. The predicted octanol–water partition coefficient (Wildman–Crippen LogP) is 0.564. The minimum absolute atomic E-state index is 0.218. The van der Waals surface area contributed by atoms with Gasteiger partial charge in [0, 0.05) is 0 Å². The molecule has 0 radical (unpaired) electrons. The van der Waals surface area contributed by atoms with E-state index in [1.807, 2.05) is 0 Å². The van der Waals surface area contributed by atoms with E-state index in [4.69, 9.17) is 23.1 Å². The summed E-state index contributed by atoms with van der Waals surface area (Å²) in [7, 11) is 0. The van der Waals surface area contributed by atoms with Gasteiger partial charge in [0.25, 0.3) is 5.91 Å². The second kappa shape index (κ2) is 4.65. The number of primary amides is 1. The van der Waals surface area contributed by atoms with Crippen molar-refractivity contribution < 1.29 is 14.3 Å². The van der Waals surface area contributed by atoms with Crippen LogP contribution in [0.3, 0.4) is 0 Å². The van der Waals surface area contributed by atoms with Crippen LogP contribution in [0.2, 0.25) is 5.02 Å². The van der Waals surface area contributed by atoms with Gasteiger partial charge in [-0.25, -0.2) is 4.79 Å². The third-order valence-electron chi connectivity index (χ3n) is 1.58. The molecule has 1 aromatic carbocycles. The number of anilines is 1. The minimum Gasteiger partial charge on any atom is -0.452 e. The summed E-state index contributed by atoms with van der Waals surface area (Å²) in [6, 6.07) is 4.29. The number of nitrogens with two attached hydrogens (primary N) is 2. The number of carbonyl (C=O) groups is 2. The highest BCUT2D eigenvalue weighted by Gasteiger charge is 2.09. The fourth-order valence-electron chi connectivity index (χ4n) is 0.874. The molecule has 0 aliphatic heterocycles. The molecule has 6 heteroatoms. The van der Waals surface area contributed by atoms with Crippen molar-refractivity contribution >= 4 is 29.2 Å². The summed E-state index contributed by atoms with van der Waals surface area (Å²) in [6.45, 7) is -0.458. The summed E-state index contributed by atoms with van der Waals surface area (Å²) in [5.74, 6) is -1.39. The highest BCUT2D eigenvalue weighted by atomic mass is 35.5. The van der Waals surface area contributed by atoms with E-state index in [1.165, 1.54) is 18.2 Å². The lowest BCUT2D eigenvalue weighted by Gasteiger charge is -2.03. The lowest BCUT2D eigenvalue weighted by atomic mass is 10.2. The van der Waals surface area contributed by atoms with Crippen LogP contribution in [0.5, 0.6) is 0 Å². The maximum atomic E-state index is 11.3. The Morgan fingerprint density at radius 1 is 1.40 bits per heavy atom. The van der Waals surface area contributed by atoms with Gasteiger partial charge in [-0.1, -0.05) is 11.6 Å². The van der Waals surface area contributed by atoms with Gasteiger partial charge in [-0.15, -0.1) is 0 Å². The van der Waals surface area contributed by atoms with Crippen molar-refractivity contribution in [2.24, 2.45) is 5.73 Å². The smallest absolute Gasteiger partial charge is 0.338 e. The van der Waals surface area contributed by atoms with Gasteiger partial charge in [0.05, 0.1) is 16.3 Å². The third kappa shape index (κ3) is 3.14. The Hall–Kier alpha value is -1.75. The van der Waals surface area contributed by atoms with Crippen LogP contribution in [0.1, 0.15) is 10.4 Å². The Labute approximate surface area is 90.9 Å². The Morgan fingerprint density at radius 2 is 2.07 bits per heavy atom. The van der Waals surface area contributed by atoms with Gasteiger partial charge in [-0.05, 0) is 18.2 Å². The zero-order valence-electron chi connectivity index (χ0n) is 7.70. The zero-order valence-corrected chi connectivity index (χ0v) is 8.45. The number of esters is 1. The van der Waals surface area contributed by atoms with E-state index < -0.39 is 18.5 Å². The molecule has 4 N–H and O–H groups in total. The first-order chi connectivity index (χ1) is 7.00. The summed E-state index contributed by atoms with van der Waals surface area (Å²) >= 11 is 5.70. The van der Waals surface area contributed by atoms with Crippen molar-refractivity contribution in [3.05, 3.63) is 28.8 Å². The molecule has 0 heterocycles. The fourth-order valence-corrected chi connectivity index (χ4v) is 1.05.